The number of anilines is 3. The molecule has 1 atom stereocenters. The zero-order valence-corrected chi connectivity index (χ0v) is 27.5. The smallest absolute Gasteiger partial charge is 0.255 e. The molecular weight excluding hydrogens is 634 g/mol. The summed E-state index contributed by atoms with van der Waals surface area (Å²) >= 11 is 0. The first kappa shape index (κ1) is 31.5. The Balaban J connectivity index is 0.806. The fourth-order valence-corrected chi connectivity index (χ4v) is 7.03. The molecule has 0 radical (unpaired) electrons. The first-order valence-corrected chi connectivity index (χ1v) is 17.1. The van der Waals surface area contributed by atoms with Crippen LogP contribution in [0, 0.1) is 0 Å². The van der Waals surface area contributed by atoms with Gasteiger partial charge in [-0.05, 0) is 62.6 Å². The van der Waals surface area contributed by atoms with Crippen LogP contribution in [0.2, 0.25) is 0 Å². The first-order valence-electron chi connectivity index (χ1n) is 17.1. The number of para-hydroxylation sites is 2. The SMILES string of the molecule is O=C1CCC(N2Cc3c(Nc4ccnc(NCCCN5CCC(n6cc(-c7cnc8ccccc8n7)cn6)CC5)n4)cccc3C2=O)C(=O)N1. The van der Waals surface area contributed by atoms with Crippen molar-refractivity contribution >= 4 is 46.2 Å². The molecule has 2 saturated heterocycles. The van der Waals surface area contributed by atoms with Crippen molar-refractivity contribution in [1.82, 2.24) is 44.8 Å². The minimum absolute atomic E-state index is 0.213. The molecule has 50 heavy (non-hydrogen) atoms. The van der Waals surface area contributed by atoms with E-state index in [1.54, 1.807) is 23.2 Å². The highest BCUT2D eigenvalue weighted by molar-refractivity contribution is 6.06. The minimum atomic E-state index is -0.663. The van der Waals surface area contributed by atoms with Crippen LogP contribution in [0.1, 0.15) is 54.1 Å². The summed E-state index contributed by atoms with van der Waals surface area (Å²) in [7, 11) is 0. The van der Waals surface area contributed by atoms with Crippen LogP contribution in [-0.4, -0.2) is 89.5 Å². The summed E-state index contributed by atoms with van der Waals surface area (Å²) in [4.78, 5) is 59.7. The third-order valence-corrected chi connectivity index (χ3v) is 9.71. The van der Waals surface area contributed by atoms with Crippen molar-refractivity contribution < 1.29 is 14.4 Å². The lowest BCUT2D eigenvalue weighted by molar-refractivity contribution is -0.136. The molecule has 3 aromatic heterocycles. The predicted molar refractivity (Wildman–Crippen MR) is 186 cm³/mol. The molecule has 3 amide bonds. The van der Waals surface area contributed by atoms with Crippen LogP contribution in [0.4, 0.5) is 17.5 Å². The van der Waals surface area contributed by atoms with Crippen LogP contribution in [0.25, 0.3) is 22.3 Å². The van der Waals surface area contributed by atoms with Crippen LogP contribution in [0.3, 0.4) is 0 Å². The van der Waals surface area contributed by atoms with Crippen LogP contribution < -0.4 is 16.0 Å². The second-order valence-electron chi connectivity index (χ2n) is 12.9. The minimum Gasteiger partial charge on any atom is -0.354 e. The second kappa shape index (κ2) is 13.6. The Bertz CT molecular complexity index is 2070. The van der Waals surface area contributed by atoms with Crippen LogP contribution >= 0.6 is 0 Å². The number of rotatable bonds is 10. The van der Waals surface area contributed by atoms with E-state index in [1.807, 2.05) is 48.8 Å². The highest BCUT2D eigenvalue weighted by atomic mass is 16.2. The van der Waals surface area contributed by atoms with Crippen LogP contribution in [0.15, 0.2) is 73.3 Å². The zero-order chi connectivity index (χ0) is 34.0. The van der Waals surface area contributed by atoms with E-state index < -0.39 is 11.9 Å². The average molecular weight is 672 g/mol. The number of aromatic nitrogens is 6. The van der Waals surface area contributed by atoms with E-state index in [9.17, 15) is 14.4 Å². The average Bonchev–Trinajstić information content (AvgIpc) is 3.76. The van der Waals surface area contributed by atoms with Gasteiger partial charge in [0.15, 0.2) is 0 Å². The number of nitrogens with zero attached hydrogens (tertiary/aromatic N) is 8. The van der Waals surface area contributed by atoms with Gasteiger partial charge in [-0.2, -0.15) is 10.1 Å². The summed E-state index contributed by atoms with van der Waals surface area (Å²) in [6.45, 7) is 4.00. The zero-order valence-electron chi connectivity index (χ0n) is 27.5. The van der Waals surface area contributed by atoms with Gasteiger partial charge in [0.2, 0.25) is 17.8 Å². The third kappa shape index (κ3) is 6.49. The van der Waals surface area contributed by atoms with Gasteiger partial charge in [0.1, 0.15) is 11.9 Å². The van der Waals surface area contributed by atoms with Crippen molar-refractivity contribution in [3.63, 3.8) is 0 Å². The third-order valence-electron chi connectivity index (χ3n) is 9.71. The van der Waals surface area contributed by atoms with Gasteiger partial charge in [0.05, 0.1) is 35.2 Å². The summed E-state index contributed by atoms with van der Waals surface area (Å²) < 4.78 is 2.08. The molecule has 6 heterocycles. The van der Waals surface area contributed by atoms with Gasteiger partial charge in [-0.3, -0.25) is 29.4 Å². The van der Waals surface area contributed by atoms with Gasteiger partial charge in [-0.15, -0.1) is 0 Å². The van der Waals surface area contributed by atoms with Crippen molar-refractivity contribution in [2.24, 2.45) is 0 Å². The Morgan fingerprint density at radius 2 is 1.76 bits per heavy atom. The van der Waals surface area contributed by atoms with E-state index in [1.165, 1.54) is 0 Å². The van der Waals surface area contributed by atoms with Crippen molar-refractivity contribution in [1.29, 1.82) is 0 Å². The molecule has 5 aromatic rings. The molecule has 0 bridgehead atoms. The number of fused-ring (bicyclic) bond motifs is 2. The number of carbonyl (C=O) groups is 3. The predicted octanol–water partition coefficient (Wildman–Crippen LogP) is 3.93. The lowest BCUT2D eigenvalue weighted by Crippen LogP contribution is -2.52. The van der Waals surface area contributed by atoms with E-state index in [0.717, 1.165) is 79.0 Å². The molecule has 0 aliphatic carbocycles. The monoisotopic (exact) mass is 671 g/mol. The fourth-order valence-electron chi connectivity index (χ4n) is 7.03. The maximum Gasteiger partial charge on any atom is 0.255 e. The lowest BCUT2D eigenvalue weighted by atomic mass is 10.0. The van der Waals surface area contributed by atoms with Gasteiger partial charge in [-0.25, -0.2) is 9.97 Å². The van der Waals surface area contributed by atoms with E-state index in [4.69, 9.17) is 4.98 Å². The van der Waals surface area contributed by atoms with Gasteiger partial charge in [0, 0.05) is 67.4 Å². The number of nitrogens with one attached hydrogen (secondary N) is 3. The maximum atomic E-state index is 13.2. The summed E-state index contributed by atoms with van der Waals surface area (Å²) in [6, 6.07) is 14.8. The van der Waals surface area contributed by atoms with E-state index >= 15 is 0 Å². The fraction of sp³-hybridized carbons (Fsp3) is 0.333. The highest BCUT2D eigenvalue weighted by Gasteiger charge is 2.40. The molecule has 14 nitrogen and oxygen atoms in total. The maximum absolute atomic E-state index is 13.2. The molecule has 0 saturated carbocycles. The molecule has 3 aliphatic rings. The summed E-state index contributed by atoms with van der Waals surface area (Å²) in [5, 5.41) is 13.7. The topological polar surface area (TPSA) is 163 Å². The number of hydrogen-bond acceptors (Lipinski definition) is 11. The normalized spacial score (nSPS) is 18.4. The Hall–Kier alpha value is -5.76. The Morgan fingerprint density at radius 3 is 2.62 bits per heavy atom. The number of hydrogen-bond donors (Lipinski definition) is 3. The Morgan fingerprint density at radius 1 is 0.900 bits per heavy atom. The molecule has 3 aliphatic heterocycles. The van der Waals surface area contributed by atoms with Gasteiger partial charge in [-0.1, -0.05) is 18.2 Å². The molecule has 254 valence electrons. The van der Waals surface area contributed by atoms with E-state index in [-0.39, 0.29) is 24.8 Å². The molecular formula is C36H37N11O3. The molecule has 3 N–H and O–H groups in total. The van der Waals surface area contributed by atoms with Gasteiger partial charge >= 0.3 is 0 Å². The number of amides is 3. The number of likely N-dealkylation sites (tertiary alicyclic amines) is 1. The standard InChI is InChI=1S/C36H37N11O3/c48-33-10-9-31(34(49)44-33)46-22-26-25(35(46)50)5-3-8-27(26)42-32-11-15-38-36(43-32)37-14-4-16-45-17-12-24(13-18-45)47-21-23(19-40-47)30-20-39-28-6-1-2-7-29(28)41-30/h1-3,5-8,11,15,19-21,24,31H,4,9-10,12-14,16-18,22H2,(H,44,48,49)(H2,37,38,42,43). The highest BCUT2D eigenvalue weighted by Crippen LogP contribution is 2.33. The lowest BCUT2D eigenvalue weighted by Gasteiger charge is -2.32. The second-order valence-corrected chi connectivity index (χ2v) is 12.9. The number of carbonyl (C=O) groups excluding carboxylic acids is 3. The number of imide groups is 1. The molecule has 2 fully saturated rings. The molecule has 2 aromatic carbocycles. The number of benzene rings is 2. The summed E-state index contributed by atoms with van der Waals surface area (Å²) in [5.74, 6) is 0.174. The quantitative estimate of drug-likeness (QED) is 0.146. The largest absolute Gasteiger partial charge is 0.354 e. The summed E-state index contributed by atoms with van der Waals surface area (Å²) in [6.07, 6.45) is 11.0. The molecule has 8 rings (SSSR count). The van der Waals surface area contributed by atoms with Crippen LogP contribution in [0.5, 0.6) is 0 Å². The van der Waals surface area contributed by atoms with Gasteiger partial charge in [0.25, 0.3) is 5.91 Å². The van der Waals surface area contributed by atoms with Crippen molar-refractivity contribution in [2.75, 3.05) is 36.8 Å². The molecule has 1 unspecified atom stereocenters. The van der Waals surface area contributed by atoms with E-state index in [2.05, 4.69) is 51.8 Å². The molecule has 14 heteroatoms. The Labute approximate surface area is 288 Å². The van der Waals surface area contributed by atoms with Crippen molar-refractivity contribution in [3.05, 3.63) is 84.4 Å². The van der Waals surface area contributed by atoms with Crippen molar-refractivity contribution in [3.8, 4) is 11.3 Å². The first-order chi connectivity index (χ1) is 24.5. The summed E-state index contributed by atoms with van der Waals surface area (Å²) in [5.41, 5.74) is 5.67. The van der Waals surface area contributed by atoms with Gasteiger partial charge < -0.3 is 20.4 Å². The van der Waals surface area contributed by atoms with Crippen molar-refractivity contribution in [2.45, 2.75) is 50.7 Å². The van der Waals surface area contributed by atoms with E-state index in [0.29, 0.717) is 29.8 Å². The Kier molecular flexibility index (Phi) is 8.59. The number of piperidine rings is 2. The van der Waals surface area contributed by atoms with Crippen LogP contribution in [-0.2, 0) is 16.1 Å². The molecule has 0 spiro atoms.